The van der Waals surface area contributed by atoms with Gasteiger partial charge in [0.25, 0.3) is 5.91 Å². The zero-order valence-corrected chi connectivity index (χ0v) is 12.3. The fourth-order valence-electron chi connectivity index (χ4n) is 2.33. The van der Waals surface area contributed by atoms with Crippen molar-refractivity contribution >= 4 is 22.5 Å². The van der Waals surface area contributed by atoms with Gasteiger partial charge in [0.05, 0.1) is 23.9 Å². The second-order valence-electron chi connectivity index (χ2n) is 4.87. The molecule has 0 aliphatic rings. The lowest BCUT2D eigenvalue weighted by Gasteiger charge is -2.11. The third kappa shape index (κ3) is 2.74. The third-order valence-electron chi connectivity index (χ3n) is 3.42. The SMILES string of the molecule is COc1ccc(NC(=O)c2ccc(O)cc2O)c2ncccc12. The Balaban J connectivity index is 2.00. The van der Waals surface area contributed by atoms with E-state index in [9.17, 15) is 15.0 Å². The highest BCUT2D eigenvalue weighted by Gasteiger charge is 2.14. The van der Waals surface area contributed by atoms with Crippen molar-refractivity contribution in [2.75, 3.05) is 12.4 Å². The lowest BCUT2D eigenvalue weighted by molar-refractivity contribution is 0.102. The maximum Gasteiger partial charge on any atom is 0.259 e. The molecule has 1 amide bonds. The first-order valence-electron chi connectivity index (χ1n) is 6.85. The summed E-state index contributed by atoms with van der Waals surface area (Å²) >= 11 is 0. The molecule has 0 bridgehead atoms. The van der Waals surface area contributed by atoms with Gasteiger partial charge in [0.1, 0.15) is 17.2 Å². The molecule has 1 heterocycles. The number of nitrogens with zero attached hydrogens (tertiary/aromatic N) is 1. The summed E-state index contributed by atoms with van der Waals surface area (Å²) < 4.78 is 5.28. The van der Waals surface area contributed by atoms with Crippen LogP contribution in [0.2, 0.25) is 0 Å². The fourth-order valence-corrected chi connectivity index (χ4v) is 2.33. The van der Waals surface area contributed by atoms with Gasteiger partial charge in [-0.25, -0.2) is 0 Å². The van der Waals surface area contributed by atoms with E-state index in [2.05, 4.69) is 10.3 Å². The summed E-state index contributed by atoms with van der Waals surface area (Å²) in [5, 5.41) is 22.6. The molecule has 0 saturated carbocycles. The maximum atomic E-state index is 12.3. The summed E-state index contributed by atoms with van der Waals surface area (Å²) in [6.45, 7) is 0. The van der Waals surface area contributed by atoms with Crippen LogP contribution < -0.4 is 10.1 Å². The van der Waals surface area contributed by atoms with Crippen molar-refractivity contribution in [2.24, 2.45) is 0 Å². The zero-order valence-electron chi connectivity index (χ0n) is 12.3. The van der Waals surface area contributed by atoms with E-state index >= 15 is 0 Å². The Morgan fingerprint density at radius 2 is 2.00 bits per heavy atom. The Hall–Kier alpha value is -3.28. The largest absolute Gasteiger partial charge is 0.508 e. The number of pyridine rings is 1. The van der Waals surface area contributed by atoms with Crippen molar-refractivity contribution in [3.8, 4) is 17.2 Å². The molecule has 6 heteroatoms. The average molecular weight is 310 g/mol. The van der Waals surface area contributed by atoms with Crippen molar-refractivity contribution < 1.29 is 19.7 Å². The third-order valence-corrected chi connectivity index (χ3v) is 3.42. The number of rotatable bonds is 3. The van der Waals surface area contributed by atoms with E-state index in [0.29, 0.717) is 17.0 Å². The molecular weight excluding hydrogens is 296 g/mol. The molecule has 0 spiro atoms. The Kier molecular flexibility index (Phi) is 3.72. The first kappa shape index (κ1) is 14.6. The molecule has 0 fully saturated rings. The molecule has 0 radical (unpaired) electrons. The van der Waals surface area contributed by atoms with Crippen LogP contribution in [0, 0.1) is 0 Å². The predicted molar refractivity (Wildman–Crippen MR) is 86.0 cm³/mol. The van der Waals surface area contributed by atoms with Crippen molar-refractivity contribution in [1.29, 1.82) is 0 Å². The highest BCUT2D eigenvalue weighted by molar-refractivity contribution is 6.10. The molecular formula is C17H14N2O4. The van der Waals surface area contributed by atoms with Crippen LogP contribution >= 0.6 is 0 Å². The summed E-state index contributed by atoms with van der Waals surface area (Å²) in [4.78, 5) is 16.6. The standard InChI is InChI=1S/C17H14N2O4/c1-23-15-7-6-13(16-12(15)3-2-8-18-16)19-17(22)11-5-4-10(20)9-14(11)21/h2-9,20-21H,1H3,(H,19,22). The van der Waals surface area contributed by atoms with E-state index in [0.717, 1.165) is 11.5 Å². The Labute approximate surface area is 132 Å². The van der Waals surface area contributed by atoms with E-state index in [4.69, 9.17) is 4.74 Å². The summed E-state index contributed by atoms with van der Waals surface area (Å²) in [5.41, 5.74) is 1.14. The number of fused-ring (bicyclic) bond motifs is 1. The molecule has 116 valence electrons. The molecule has 0 unspecified atom stereocenters. The van der Waals surface area contributed by atoms with Crippen molar-refractivity contribution in [2.45, 2.75) is 0 Å². The van der Waals surface area contributed by atoms with Gasteiger partial charge in [-0.2, -0.15) is 0 Å². The number of carbonyl (C=O) groups is 1. The number of methoxy groups -OCH3 is 1. The molecule has 0 aliphatic carbocycles. The van der Waals surface area contributed by atoms with Crippen LogP contribution in [0.15, 0.2) is 48.7 Å². The number of phenols is 2. The number of ether oxygens (including phenoxy) is 1. The number of amides is 1. The fraction of sp³-hybridized carbons (Fsp3) is 0.0588. The van der Waals surface area contributed by atoms with Crippen LogP contribution in [0.3, 0.4) is 0 Å². The summed E-state index contributed by atoms with van der Waals surface area (Å²) in [6.07, 6.45) is 1.62. The summed E-state index contributed by atoms with van der Waals surface area (Å²) in [7, 11) is 1.56. The Morgan fingerprint density at radius 1 is 1.17 bits per heavy atom. The average Bonchev–Trinajstić information content (AvgIpc) is 2.55. The first-order valence-corrected chi connectivity index (χ1v) is 6.85. The van der Waals surface area contributed by atoms with Gasteiger partial charge in [-0.15, -0.1) is 0 Å². The van der Waals surface area contributed by atoms with Crippen molar-refractivity contribution in [3.05, 3.63) is 54.2 Å². The van der Waals surface area contributed by atoms with Crippen LogP contribution in [-0.2, 0) is 0 Å². The predicted octanol–water partition coefficient (Wildman–Crippen LogP) is 2.91. The van der Waals surface area contributed by atoms with E-state index < -0.39 is 5.91 Å². The highest BCUT2D eigenvalue weighted by atomic mass is 16.5. The second kappa shape index (κ2) is 5.84. The number of benzene rings is 2. The quantitative estimate of drug-likeness (QED) is 0.692. The van der Waals surface area contributed by atoms with Crippen LogP contribution in [0.4, 0.5) is 5.69 Å². The zero-order chi connectivity index (χ0) is 16.4. The number of hydrogen-bond donors (Lipinski definition) is 3. The number of aromatic nitrogens is 1. The minimum Gasteiger partial charge on any atom is -0.508 e. The molecule has 6 nitrogen and oxygen atoms in total. The molecule has 0 saturated heterocycles. The molecule has 0 aliphatic heterocycles. The first-order chi connectivity index (χ1) is 11.1. The van der Waals surface area contributed by atoms with E-state index in [1.807, 2.05) is 6.07 Å². The number of anilines is 1. The van der Waals surface area contributed by atoms with Gasteiger partial charge >= 0.3 is 0 Å². The normalized spacial score (nSPS) is 10.5. The minimum atomic E-state index is -0.500. The Morgan fingerprint density at radius 3 is 2.74 bits per heavy atom. The number of carbonyl (C=O) groups excluding carboxylic acids is 1. The Bertz CT molecular complexity index is 893. The summed E-state index contributed by atoms with van der Waals surface area (Å²) in [6, 6.07) is 10.8. The van der Waals surface area contributed by atoms with E-state index in [-0.39, 0.29) is 17.1 Å². The number of hydrogen-bond acceptors (Lipinski definition) is 5. The number of aromatic hydroxyl groups is 2. The van der Waals surface area contributed by atoms with Gasteiger partial charge in [0.15, 0.2) is 0 Å². The highest BCUT2D eigenvalue weighted by Crippen LogP contribution is 2.31. The molecule has 0 atom stereocenters. The van der Waals surface area contributed by atoms with Gasteiger partial charge in [-0.3, -0.25) is 9.78 Å². The van der Waals surface area contributed by atoms with Crippen LogP contribution in [0.5, 0.6) is 17.2 Å². The maximum absolute atomic E-state index is 12.3. The lowest BCUT2D eigenvalue weighted by Crippen LogP contribution is -2.12. The lowest BCUT2D eigenvalue weighted by atomic mass is 10.1. The molecule has 2 aromatic carbocycles. The number of phenolic OH excluding ortho intramolecular Hbond substituents is 2. The number of nitrogens with one attached hydrogen (secondary N) is 1. The van der Waals surface area contributed by atoms with Gasteiger partial charge < -0.3 is 20.3 Å². The van der Waals surface area contributed by atoms with Gasteiger partial charge in [0.2, 0.25) is 0 Å². The van der Waals surface area contributed by atoms with Gasteiger partial charge in [-0.05, 0) is 36.4 Å². The summed E-state index contributed by atoms with van der Waals surface area (Å²) in [5.74, 6) is -0.262. The van der Waals surface area contributed by atoms with Crippen molar-refractivity contribution in [3.63, 3.8) is 0 Å². The van der Waals surface area contributed by atoms with Crippen molar-refractivity contribution in [1.82, 2.24) is 4.98 Å². The monoisotopic (exact) mass is 310 g/mol. The second-order valence-corrected chi connectivity index (χ2v) is 4.87. The van der Waals surface area contributed by atoms with Gasteiger partial charge in [-0.1, -0.05) is 0 Å². The van der Waals surface area contributed by atoms with Crippen LogP contribution in [0.1, 0.15) is 10.4 Å². The van der Waals surface area contributed by atoms with Crippen LogP contribution in [-0.4, -0.2) is 28.2 Å². The molecule has 3 N–H and O–H groups in total. The molecule has 3 rings (SSSR count). The van der Waals surface area contributed by atoms with E-state index in [1.165, 1.54) is 12.1 Å². The topological polar surface area (TPSA) is 91.7 Å². The smallest absolute Gasteiger partial charge is 0.259 e. The molecule has 1 aromatic heterocycles. The molecule has 3 aromatic rings. The van der Waals surface area contributed by atoms with Gasteiger partial charge in [0, 0.05) is 17.6 Å². The molecule has 23 heavy (non-hydrogen) atoms. The minimum absolute atomic E-state index is 0.0581. The van der Waals surface area contributed by atoms with E-state index in [1.54, 1.807) is 31.5 Å². The van der Waals surface area contributed by atoms with Crippen LogP contribution in [0.25, 0.3) is 10.9 Å².